The van der Waals surface area contributed by atoms with Crippen LogP contribution in [0, 0.1) is 5.41 Å². The fourth-order valence-electron chi connectivity index (χ4n) is 3.79. The number of piperidine rings is 1. The van der Waals surface area contributed by atoms with Gasteiger partial charge in [-0.25, -0.2) is 4.98 Å². The van der Waals surface area contributed by atoms with Crippen LogP contribution in [0.3, 0.4) is 0 Å². The van der Waals surface area contributed by atoms with Gasteiger partial charge in [0, 0.05) is 24.4 Å². The number of ether oxygens (including phenoxy) is 2. The molecule has 1 spiro atoms. The Labute approximate surface area is 142 Å². The molecule has 24 heavy (non-hydrogen) atoms. The molecule has 2 aliphatic heterocycles. The summed E-state index contributed by atoms with van der Waals surface area (Å²) in [5, 5.41) is 0. The number of nitrogens with zero attached hydrogens (tertiary/aromatic N) is 2. The second-order valence-corrected chi connectivity index (χ2v) is 7.02. The van der Waals surface area contributed by atoms with E-state index in [1.165, 1.54) is 18.4 Å². The van der Waals surface area contributed by atoms with Crippen LogP contribution in [-0.4, -0.2) is 42.3 Å². The van der Waals surface area contributed by atoms with Gasteiger partial charge in [-0.1, -0.05) is 6.07 Å². The molecule has 4 heterocycles. The zero-order valence-corrected chi connectivity index (χ0v) is 13.9. The van der Waals surface area contributed by atoms with E-state index in [0.29, 0.717) is 17.9 Å². The average molecular weight is 328 g/mol. The molecule has 2 aromatic rings. The van der Waals surface area contributed by atoms with E-state index in [9.17, 15) is 0 Å². The number of hydrogen-bond donors (Lipinski definition) is 0. The van der Waals surface area contributed by atoms with E-state index < -0.39 is 0 Å². The van der Waals surface area contributed by atoms with Gasteiger partial charge >= 0.3 is 0 Å². The molecular formula is C19H24N2O3. The summed E-state index contributed by atoms with van der Waals surface area (Å²) in [5.74, 6) is 0.678. The number of rotatable bonds is 5. The molecule has 4 rings (SSSR count). The first-order valence-corrected chi connectivity index (χ1v) is 8.70. The minimum absolute atomic E-state index is 0.187. The molecule has 2 saturated heterocycles. The van der Waals surface area contributed by atoms with E-state index in [2.05, 4.69) is 9.88 Å². The normalized spacial score (nSPS) is 23.6. The summed E-state index contributed by atoms with van der Waals surface area (Å²) in [6.45, 7) is 4.70. The molecule has 0 bridgehead atoms. The summed E-state index contributed by atoms with van der Waals surface area (Å²) >= 11 is 0. The zero-order chi connectivity index (χ0) is 16.2. The lowest BCUT2D eigenvalue weighted by Crippen LogP contribution is -2.40. The molecule has 0 radical (unpaired) electrons. The fraction of sp³-hybridized carbons (Fsp3) is 0.526. The van der Waals surface area contributed by atoms with Crippen LogP contribution in [0.25, 0.3) is 0 Å². The summed E-state index contributed by atoms with van der Waals surface area (Å²) in [6.07, 6.45) is 9.02. The van der Waals surface area contributed by atoms with Crippen LogP contribution in [0.2, 0.25) is 0 Å². The molecule has 2 aliphatic rings. The van der Waals surface area contributed by atoms with Crippen molar-refractivity contribution in [1.29, 1.82) is 0 Å². The molecule has 2 fully saturated rings. The van der Waals surface area contributed by atoms with Gasteiger partial charge in [-0.15, -0.1) is 0 Å². The van der Waals surface area contributed by atoms with Crippen molar-refractivity contribution in [2.75, 3.05) is 26.3 Å². The number of furan rings is 1. The fourth-order valence-corrected chi connectivity index (χ4v) is 3.79. The van der Waals surface area contributed by atoms with Crippen LogP contribution in [0.1, 0.15) is 24.8 Å². The third-order valence-electron chi connectivity index (χ3n) is 5.24. The maximum atomic E-state index is 6.02. The van der Waals surface area contributed by atoms with Gasteiger partial charge < -0.3 is 13.9 Å². The predicted molar refractivity (Wildman–Crippen MR) is 89.7 cm³/mol. The third-order valence-corrected chi connectivity index (χ3v) is 5.24. The van der Waals surface area contributed by atoms with E-state index in [-0.39, 0.29) is 6.10 Å². The maximum Gasteiger partial charge on any atom is 0.213 e. The Morgan fingerprint density at radius 1 is 1.25 bits per heavy atom. The second kappa shape index (κ2) is 6.95. The SMILES string of the molecule is c1ccc(OC[C@H]2CC3(CCN(Cc4ccoc4)CC3)CO2)nc1. The van der Waals surface area contributed by atoms with Gasteiger partial charge in [-0.2, -0.15) is 0 Å². The molecule has 128 valence electrons. The summed E-state index contributed by atoms with van der Waals surface area (Å²) in [6, 6.07) is 7.77. The lowest BCUT2D eigenvalue weighted by atomic mass is 9.76. The summed E-state index contributed by atoms with van der Waals surface area (Å²) in [5.41, 5.74) is 1.60. The van der Waals surface area contributed by atoms with E-state index in [0.717, 1.165) is 32.7 Å². The minimum atomic E-state index is 0.187. The number of hydrogen-bond acceptors (Lipinski definition) is 5. The molecule has 0 saturated carbocycles. The van der Waals surface area contributed by atoms with Gasteiger partial charge in [-0.3, -0.25) is 4.90 Å². The molecule has 5 nitrogen and oxygen atoms in total. The molecule has 0 amide bonds. The zero-order valence-electron chi connectivity index (χ0n) is 13.9. The summed E-state index contributed by atoms with van der Waals surface area (Å²) < 4.78 is 16.9. The van der Waals surface area contributed by atoms with Crippen molar-refractivity contribution >= 4 is 0 Å². The van der Waals surface area contributed by atoms with Crippen LogP contribution in [0.15, 0.2) is 47.4 Å². The third kappa shape index (κ3) is 3.62. The Morgan fingerprint density at radius 2 is 2.17 bits per heavy atom. The maximum absolute atomic E-state index is 6.02. The first-order valence-electron chi connectivity index (χ1n) is 8.70. The van der Waals surface area contributed by atoms with Crippen molar-refractivity contribution in [3.05, 3.63) is 48.6 Å². The second-order valence-electron chi connectivity index (χ2n) is 7.02. The summed E-state index contributed by atoms with van der Waals surface area (Å²) in [4.78, 5) is 6.70. The quantitative estimate of drug-likeness (QED) is 0.844. The smallest absolute Gasteiger partial charge is 0.213 e. The first-order chi connectivity index (χ1) is 11.8. The van der Waals surface area contributed by atoms with Crippen molar-refractivity contribution in [1.82, 2.24) is 9.88 Å². The topological polar surface area (TPSA) is 47.7 Å². The largest absolute Gasteiger partial charge is 0.475 e. The molecule has 0 unspecified atom stereocenters. The Bertz CT molecular complexity index is 621. The molecule has 1 atom stereocenters. The molecule has 5 heteroatoms. The lowest BCUT2D eigenvalue weighted by Gasteiger charge is -2.38. The monoisotopic (exact) mass is 328 g/mol. The average Bonchev–Trinajstić information content (AvgIpc) is 3.27. The Morgan fingerprint density at radius 3 is 2.92 bits per heavy atom. The van der Waals surface area contributed by atoms with Crippen molar-refractivity contribution in [3.63, 3.8) is 0 Å². The van der Waals surface area contributed by atoms with E-state index in [4.69, 9.17) is 13.9 Å². The highest BCUT2D eigenvalue weighted by molar-refractivity contribution is 5.09. The Balaban J connectivity index is 1.24. The molecular weight excluding hydrogens is 304 g/mol. The van der Waals surface area contributed by atoms with Crippen molar-refractivity contribution in [2.24, 2.45) is 5.41 Å². The van der Waals surface area contributed by atoms with Crippen LogP contribution in [-0.2, 0) is 11.3 Å². The van der Waals surface area contributed by atoms with E-state index in [1.807, 2.05) is 30.5 Å². The van der Waals surface area contributed by atoms with Gasteiger partial charge in [0.1, 0.15) is 6.61 Å². The minimum Gasteiger partial charge on any atom is -0.475 e. The van der Waals surface area contributed by atoms with Gasteiger partial charge in [0.05, 0.1) is 25.2 Å². The van der Waals surface area contributed by atoms with Crippen molar-refractivity contribution in [3.8, 4) is 5.88 Å². The van der Waals surface area contributed by atoms with Crippen molar-refractivity contribution in [2.45, 2.75) is 31.9 Å². The summed E-state index contributed by atoms with van der Waals surface area (Å²) in [7, 11) is 0. The highest BCUT2D eigenvalue weighted by Gasteiger charge is 2.42. The van der Waals surface area contributed by atoms with Gasteiger partial charge in [-0.05, 0) is 49.9 Å². The highest BCUT2D eigenvalue weighted by atomic mass is 16.5. The predicted octanol–water partition coefficient (Wildman–Crippen LogP) is 3.12. The van der Waals surface area contributed by atoms with Crippen LogP contribution in [0.5, 0.6) is 5.88 Å². The first kappa shape index (κ1) is 15.7. The van der Waals surface area contributed by atoms with Gasteiger partial charge in [0.25, 0.3) is 0 Å². The highest BCUT2D eigenvalue weighted by Crippen LogP contribution is 2.42. The molecule has 0 N–H and O–H groups in total. The van der Waals surface area contributed by atoms with Crippen LogP contribution >= 0.6 is 0 Å². The molecule has 2 aromatic heterocycles. The number of pyridine rings is 1. The Kier molecular flexibility index (Phi) is 4.54. The van der Waals surface area contributed by atoms with E-state index >= 15 is 0 Å². The number of likely N-dealkylation sites (tertiary alicyclic amines) is 1. The van der Waals surface area contributed by atoms with Crippen LogP contribution < -0.4 is 4.74 Å². The van der Waals surface area contributed by atoms with Crippen LogP contribution in [0.4, 0.5) is 0 Å². The van der Waals surface area contributed by atoms with E-state index in [1.54, 1.807) is 12.5 Å². The van der Waals surface area contributed by atoms with Gasteiger partial charge in [0.2, 0.25) is 5.88 Å². The van der Waals surface area contributed by atoms with Gasteiger partial charge in [0.15, 0.2) is 0 Å². The molecule has 0 aromatic carbocycles. The van der Waals surface area contributed by atoms with Crippen molar-refractivity contribution < 1.29 is 13.9 Å². The number of aromatic nitrogens is 1. The Hall–Kier alpha value is -1.85. The standard InChI is InChI=1S/C19H24N2O3/c1-2-7-20-18(3-1)23-14-17-11-19(15-24-17)5-8-21(9-6-19)12-16-4-10-22-13-16/h1-4,7,10,13,17H,5-6,8-9,11-12,14-15H2/t17-/m1/s1. The lowest BCUT2D eigenvalue weighted by molar-refractivity contribution is 0.0462. The molecule has 0 aliphatic carbocycles.